The van der Waals surface area contributed by atoms with E-state index in [0.717, 1.165) is 5.56 Å². The normalized spacial score (nSPS) is 12.0. The molecule has 0 aromatic heterocycles. The molecular formula is C12H15ClO4. The first-order chi connectivity index (χ1) is 8.04. The first-order valence-electron chi connectivity index (χ1n) is 5.25. The van der Waals surface area contributed by atoms with Crippen molar-refractivity contribution in [2.24, 2.45) is 0 Å². The Labute approximate surface area is 105 Å². The number of aryl methyl sites for hydroxylation is 1. The molecule has 0 bridgehead atoms. The van der Waals surface area contributed by atoms with Gasteiger partial charge in [-0.3, -0.25) is 0 Å². The molecule has 1 unspecified atom stereocenters. The maximum Gasteiger partial charge on any atom is 0.347 e. The topological polar surface area (TPSA) is 55.8 Å². The highest BCUT2D eigenvalue weighted by Crippen LogP contribution is 2.22. The van der Waals surface area contributed by atoms with Crippen molar-refractivity contribution in [1.29, 1.82) is 0 Å². The third-order valence-corrected chi connectivity index (χ3v) is 2.34. The Kier molecular flexibility index (Phi) is 5.25. The smallest absolute Gasteiger partial charge is 0.347 e. The summed E-state index contributed by atoms with van der Waals surface area (Å²) in [5.41, 5.74) is 0.847. The van der Waals surface area contributed by atoms with E-state index in [1.54, 1.807) is 25.1 Å². The second kappa shape index (κ2) is 6.47. The molecular weight excluding hydrogens is 244 g/mol. The fourth-order valence-electron chi connectivity index (χ4n) is 1.25. The second-order valence-corrected chi connectivity index (χ2v) is 4.00. The second-order valence-electron chi connectivity index (χ2n) is 3.56. The van der Waals surface area contributed by atoms with Gasteiger partial charge >= 0.3 is 5.97 Å². The van der Waals surface area contributed by atoms with Crippen LogP contribution in [-0.2, 0) is 9.53 Å². The molecule has 5 heteroatoms. The summed E-state index contributed by atoms with van der Waals surface area (Å²) < 4.78 is 10.2. The van der Waals surface area contributed by atoms with Crippen molar-refractivity contribution < 1.29 is 19.4 Å². The van der Waals surface area contributed by atoms with Crippen LogP contribution in [0.15, 0.2) is 18.2 Å². The van der Waals surface area contributed by atoms with Crippen molar-refractivity contribution in [2.75, 3.05) is 13.2 Å². The predicted molar refractivity (Wildman–Crippen MR) is 64.3 cm³/mol. The van der Waals surface area contributed by atoms with Crippen LogP contribution in [-0.4, -0.2) is 30.4 Å². The van der Waals surface area contributed by atoms with Crippen molar-refractivity contribution in [3.8, 4) is 5.75 Å². The number of aliphatic hydroxyl groups is 1. The molecule has 94 valence electrons. The molecule has 1 atom stereocenters. The van der Waals surface area contributed by atoms with E-state index in [9.17, 15) is 4.79 Å². The maximum absolute atomic E-state index is 11.4. The van der Waals surface area contributed by atoms with Crippen LogP contribution in [0.2, 0.25) is 5.02 Å². The van der Waals surface area contributed by atoms with Crippen molar-refractivity contribution in [1.82, 2.24) is 0 Å². The molecule has 0 heterocycles. The summed E-state index contributed by atoms with van der Waals surface area (Å²) in [4.78, 5) is 11.4. The van der Waals surface area contributed by atoms with E-state index in [1.165, 1.54) is 0 Å². The van der Waals surface area contributed by atoms with Gasteiger partial charge in [0.25, 0.3) is 0 Å². The van der Waals surface area contributed by atoms with Crippen LogP contribution in [0.25, 0.3) is 0 Å². The molecule has 0 radical (unpaired) electrons. The number of hydrogen-bond acceptors (Lipinski definition) is 4. The lowest BCUT2D eigenvalue weighted by Gasteiger charge is -2.15. The molecule has 4 nitrogen and oxygen atoms in total. The minimum Gasteiger partial charge on any atom is -0.479 e. The Balaban J connectivity index is 2.61. The third kappa shape index (κ3) is 4.24. The lowest BCUT2D eigenvalue weighted by molar-refractivity contribution is -0.152. The van der Waals surface area contributed by atoms with Gasteiger partial charge in [0.05, 0.1) is 6.61 Å². The molecule has 0 aliphatic carbocycles. The average molecular weight is 259 g/mol. The number of benzene rings is 1. The van der Waals surface area contributed by atoms with Crippen LogP contribution in [0.3, 0.4) is 0 Å². The van der Waals surface area contributed by atoms with Gasteiger partial charge in [0, 0.05) is 5.02 Å². The summed E-state index contributed by atoms with van der Waals surface area (Å²) in [5, 5.41) is 9.14. The Morgan fingerprint density at radius 1 is 1.53 bits per heavy atom. The van der Waals surface area contributed by atoms with Crippen LogP contribution >= 0.6 is 11.6 Å². The standard InChI is InChI=1S/C12H15ClO4/c1-8-7-10(13)3-4-11(8)17-9(2)12(15)16-6-5-14/h3-4,7,9,14H,5-6H2,1-2H3. The maximum atomic E-state index is 11.4. The molecule has 0 aliphatic heterocycles. The molecule has 0 aliphatic rings. The van der Waals surface area contributed by atoms with Gasteiger partial charge in [0.1, 0.15) is 12.4 Å². The molecule has 1 N–H and O–H groups in total. The fourth-order valence-corrected chi connectivity index (χ4v) is 1.47. The van der Waals surface area contributed by atoms with Crippen molar-refractivity contribution >= 4 is 17.6 Å². The van der Waals surface area contributed by atoms with Gasteiger partial charge in [-0.1, -0.05) is 11.6 Å². The number of carbonyl (C=O) groups is 1. The highest BCUT2D eigenvalue weighted by atomic mass is 35.5. The number of aliphatic hydroxyl groups excluding tert-OH is 1. The number of halogens is 1. The van der Waals surface area contributed by atoms with Crippen LogP contribution in [0, 0.1) is 6.92 Å². The van der Waals surface area contributed by atoms with Crippen molar-refractivity contribution in [3.05, 3.63) is 28.8 Å². The molecule has 1 aromatic carbocycles. The summed E-state index contributed by atoms with van der Waals surface area (Å²) >= 11 is 5.81. The molecule has 1 aromatic rings. The Bertz CT molecular complexity index is 392. The molecule has 0 fully saturated rings. The van der Waals surface area contributed by atoms with Crippen molar-refractivity contribution in [2.45, 2.75) is 20.0 Å². The zero-order valence-corrected chi connectivity index (χ0v) is 10.5. The van der Waals surface area contributed by atoms with Crippen molar-refractivity contribution in [3.63, 3.8) is 0 Å². The van der Waals surface area contributed by atoms with Gasteiger partial charge in [0.2, 0.25) is 0 Å². The fraction of sp³-hybridized carbons (Fsp3) is 0.417. The molecule has 0 saturated carbocycles. The number of hydrogen-bond donors (Lipinski definition) is 1. The largest absolute Gasteiger partial charge is 0.479 e. The van der Waals surface area contributed by atoms with E-state index in [-0.39, 0.29) is 13.2 Å². The summed E-state index contributed by atoms with van der Waals surface area (Å²) in [6.45, 7) is 3.21. The predicted octanol–water partition coefficient (Wildman–Crippen LogP) is 1.95. The van der Waals surface area contributed by atoms with Gasteiger partial charge in [-0.25, -0.2) is 4.79 Å². The first-order valence-corrected chi connectivity index (χ1v) is 5.62. The van der Waals surface area contributed by atoms with Crippen LogP contribution < -0.4 is 4.74 Å². The number of esters is 1. The molecule has 0 saturated heterocycles. The van der Waals surface area contributed by atoms with Crippen LogP contribution in [0.1, 0.15) is 12.5 Å². The van der Waals surface area contributed by atoms with Gasteiger partial charge in [-0.05, 0) is 37.6 Å². The summed E-state index contributed by atoms with van der Waals surface area (Å²) in [6.07, 6.45) is -0.721. The van der Waals surface area contributed by atoms with E-state index in [0.29, 0.717) is 10.8 Å². The number of carbonyl (C=O) groups excluding carboxylic acids is 1. The highest BCUT2D eigenvalue weighted by molar-refractivity contribution is 6.30. The first kappa shape index (κ1) is 13.8. The Morgan fingerprint density at radius 2 is 2.24 bits per heavy atom. The minimum atomic E-state index is -0.721. The minimum absolute atomic E-state index is 0.0217. The summed E-state index contributed by atoms with van der Waals surface area (Å²) in [7, 11) is 0. The third-order valence-electron chi connectivity index (χ3n) is 2.11. The zero-order chi connectivity index (χ0) is 12.8. The number of ether oxygens (including phenoxy) is 2. The van der Waals surface area contributed by atoms with Gasteiger partial charge in [-0.2, -0.15) is 0 Å². The quantitative estimate of drug-likeness (QED) is 0.821. The molecule has 0 amide bonds. The SMILES string of the molecule is Cc1cc(Cl)ccc1OC(C)C(=O)OCCO. The van der Waals surface area contributed by atoms with Gasteiger partial charge < -0.3 is 14.6 Å². The van der Waals surface area contributed by atoms with E-state index in [2.05, 4.69) is 0 Å². The molecule has 17 heavy (non-hydrogen) atoms. The lowest BCUT2D eigenvalue weighted by Crippen LogP contribution is -2.27. The van der Waals surface area contributed by atoms with E-state index in [1.807, 2.05) is 6.92 Å². The highest BCUT2D eigenvalue weighted by Gasteiger charge is 2.16. The number of rotatable bonds is 5. The molecule has 1 rings (SSSR count). The summed E-state index contributed by atoms with van der Waals surface area (Å²) in [6, 6.07) is 5.14. The van der Waals surface area contributed by atoms with Gasteiger partial charge in [0.15, 0.2) is 6.10 Å². The average Bonchev–Trinajstić information content (AvgIpc) is 2.29. The van der Waals surface area contributed by atoms with E-state index < -0.39 is 12.1 Å². The molecule has 0 spiro atoms. The summed E-state index contributed by atoms with van der Waals surface area (Å²) in [5.74, 6) is 0.0799. The monoisotopic (exact) mass is 258 g/mol. The van der Waals surface area contributed by atoms with E-state index in [4.69, 9.17) is 26.2 Å². The lowest BCUT2D eigenvalue weighted by atomic mass is 10.2. The Morgan fingerprint density at radius 3 is 2.82 bits per heavy atom. The van der Waals surface area contributed by atoms with E-state index >= 15 is 0 Å². The Hall–Kier alpha value is -1.26. The zero-order valence-electron chi connectivity index (χ0n) is 9.77. The van der Waals surface area contributed by atoms with Crippen LogP contribution in [0.4, 0.5) is 0 Å². The van der Waals surface area contributed by atoms with Gasteiger partial charge in [-0.15, -0.1) is 0 Å². The van der Waals surface area contributed by atoms with Crippen LogP contribution in [0.5, 0.6) is 5.75 Å².